The highest BCUT2D eigenvalue weighted by atomic mass is 16.2. The van der Waals surface area contributed by atoms with Crippen molar-refractivity contribution >= 4 is 11.7 Å². The first kappa shape index (κ1) is 24.8. The molecule has 0 radical (unpaired) electrons. The first-order valence-corrected chi connectivity index (χ1v) is 14.2. The van der Waals surface area contributed by atoms with Crippen LogP contribution in [0.2, 0.25) is 0 Å². The van der Waals surface area contributed by atoms with E-state index in [1.54, 1.807) is 0 Å². The van der Waals surface area contributed by atoms with Crippen molar-refractivity contribution in [2.24, 2.45) is 50.7 Å². The number of hydrogen-bond donors (Lipinski definition) is 1. The molecule has 4 heteroatoms. The van der Waals surface area contributed by atoms with E-state index in [1.807, 2.05) is 13.8 Å². The minimum atomic E-state index is -0.0787. The van der Waals surface area contributed by atoms with Crippen LogP contribution in [0.3, 0.4) is 0 Å². The zero-order valence-electron chi connectivity index (χ0n) is 23.4. The maximum absolute atomic E-state index is 14.3. The Hall–Kier alpha value is -0.900. The van der Waals surface area contributed by atoms with Crippen molar-refractivity contribution in [1.82, 2.24) is 10.2 Å². The van der Waals surface area contributed by atoms with E-state index in [1.165, 1.54) is 25.7 Å². The van der Waals surface area contributed by atoms with Crippen LogP contribution in [0.1, 0.15) is 99.8 Å². The molecule has 5 aliphatic rings. The predicted molar refractivity (Wildman–Crippen MR) is 137 cm³/mol. The summed E-state index contributed by atoms with van der Waals surface area (Å²) in [5.41, 5.74) is 0.516. The Morgan fingerprint density at radius 2 is 1.59 bits per heavy atom. The number of nitrogens with zero attached hydrogens (tertiary/aromatic N) is 1. The van der Waals surface area contributed by atoms with Crippen LogP contribution in [0, 0.1) is 50.7 Å². The van der Waals surface area contributed by atoms with Gasteiger partial charge in [-0.2, -0.15) is 0 Å². The van der Waals surface area contributed by atoms with E-state index >= 15 is 0 Å². The first-order chi connectivity index (χ1) is 15.7. The Bertz CT molecular complexity index is 894. The lowest BCUT2D eigenvalue weighted by atomic mass is 9.41. The van der Waals surface area contributed by atoms with E-state index in [2.05, 4.69) is 58.9 Å². The van der Waals surface area contributed by atoms with Crippen LogP contribution in [0.15, 0.2) is 0 Å². The lowest BCUT2D eigenvalue weighted by Crippen LogP contribution is -2.62. The Morgan fingerprint density at radius 1 is 0.941 bits per heavy atom. The lowest BCUT2D eigenvalue weighted by molar-refractivity contribution is -0.170. The number of amides is 1. The molecule has 192 valence electrons. The standard InChI is InChI=1S/C30H50N2O2/c1-18(2)25(34)31-23-13-15-29-17-30(29)22(11-10-21(29)26(23,4)5)27(6)14-12-20(19(3)32(8)9)28(27,7)16-24(30)33/h18-23H,10-17H2,1-9H3,(H,31,34)/t19-,20-,21-,22+,23+,27-,28-,29-,30+/m0/s1. The third-order valence-electron chi connectivity index (χ3n) is 13.2. The normalized spacial score (nSPS) is 49.7. The quantitative estimate of drug-likeness (QED) is 0.574. The first-order valence-electron chi connectivity index (χ1n) is 14.2. The Kier molecular flexibility index (Phi) is 5.34. The topological polar surface area (TPSA) is 49.4 Å². The highest BCUT2D eigenvalue weighted by Crippen LogP contribution is 2.87. The van der Waals surface area contributed by atoms with Crippen molar-refractivity contribution in [2.75, 3.05) is 14.1 Å². The summed E-state index contributed by atoms with van der Waals surface area (Å²) in [5, 5.41) is 3.41. The SMILES string of the molecule is CC(C)C(=O)N[C@@H]1CC[C@@]23C[C@@]24C(=O)C[C@@]2(C)[C@H]([C@H](C)N(C)C)CC[C@@]2(C)[C@H]4CC[C@H]3C1(C)C. The molecule has 0 aliphatic heterocycles. The van der Waals surface area contributed by atoms with Gasteiger partial charge in [0.2, 0.25) is 5.91 Å². The van der Waals surface area contributed by atoms with E-state index in [0.717, 1.165) is 25.7 Å². The van der Waals surface area contributed by atoms with Crippen LogP contribution in [0.5, 0.6) is 0 Å². The summed E-state index contributed by atoms with van der Waals surface area (Å²) < 4.78 is 0. The monoisotopic (exact) mass is 470 g/mol. The van der Waals surface area contributed by atoms with Gasteiger partial charge < -0.3 is 10.2 Å². The average Bonchev–Trinajstić information content (AvgIpc) is 3.36. The molecule has 0 aromatic heterocycles. The number of hydrogen-bond acceptors (Lipinski definition) is 3. The van der Waals surface area contributed by atoms with Gasteiger partial charge in [-0.15, -0.1) is 0 Å². The minimum absolute atomic E-state index is 0.0205. The second kappa shape index (κ2) is 7.33. The number of rotatable bonds is 4. The van der Waals surface area contributed by atoms with Crippen LogP contribution in [-0.4, -0.2) is 42.8 Å². The number of carbonyl (C=O) groups excluding carboxylic acids is 2. The summed E-state index contributed by atoms with van der Waals surface area (Å²) >= 11 is 0. The van der Waals surface area contributed by atoms with E-state index in [4.69, 9.17) is 0 Å². The Labute approximate surface area is 208 Å². The van der Waals surface area contributed by atoms with Gasteiger partial charge in [-0.1, -0.05) is 41.5 Å². The number of fused-ring (bicyclic) bond motifs is 2. The molecule has 5 saturated carbocycles. The molecule has 5 rings (SSSR count). The molecule has 0 saturated heterocycles. The molecule has 5 fully saturated rings. The second-order valence-electron chi connectivity index (χ2n) is 14.8. The molecular formula is C30H50N2O2. The van der Waals surface area contributed by atoms with Gasteiger partial charge in [0.15, 0.2) is 0 Å². The van der Waals surface area contributed by atoms with E-state index in [0.29, 0.717) is 29.6 Å². The number of nitrogens with one attached hydrogen (secondary N) is 1. The fraction of sp³-hybridized carbons (Fsp3) is 0.933. The third kappa shape index (κ3) is 2.76. The minimum Gasteiger partial charge on any atom is -0.353 e. The molecule has 0 unspecified atom stereocenters. The smallest absolute Gasteiger partial charge is 0.222 e. The highest BCUT2D eigenvalue weighted by molar-refractivity contribution is 5.92. The van der Waals surface area contributed by atoms with Crippen molar-refractivity contribution in [3.8, 4) is 0 Å². The fourth-order valence-corrected chi connectivity index (χ4v) is 10.8. The molecule has 0 bridgehead atoms. The van der Waals surface area contributed by atoms with E-state index < -0.39 is 0 Å². The van der Waals surface area contributed by atoms with Gasteiger partial charge in [0.05, 0.1) is 0 Å². The average molecular weight is 471 g/mol. The fourth-order valence-electron chi connectivity index (χ4n) is 10.8. The van der Waals surface area contributed by atoms with Gasteiger partial charge >= 0.3 is 0 Å². The van der Waals surface area contributed by atoms with Crippen molar-refractivity contribution in [3.05, 3.63) is 0 Å². The lowest BCUT2D eigenvalue weighted by Gasteiger charge is -2.63. The van der Waals surface area contributed by atoms with Crippen molar-refractivity contribution in [3.63, 3.8) is 0 Å². The summed E-state index contributed by atoms with van der Waals surface area (Å²) in [4.78, 5) is 29.3. The van der Waals surface area contributed by atoms with Crippen LogP contribution in [0.4, 0.5) is 0 Å². The van der Waals surface area contributed by atoms with Gasteiger partial charge in [0.1, 0.15) is 5.78 Å². The largest absolute Gasteiger partial charge is 0.353 e. The second-order valence-corrected chi connectivity index (χ2v) is 14.8. The van der Waals surface area contributed by atoms with Crippen LogP contribution < -0.4 is 5.32 Å². The van der Waals surface area contributed by atoms with E-state index in [9.17, 15) is 9.59 Å². The number of ketones is 1. The summed E-state index contributed by atoms with van der Waals surface area (Å²) in [7, 11) is 4.41. The van der Waals surface area contributed by atoms with Gasteiger partial charge in [-0.05, 0) is 105 Å². The molecule has 5 aliphatic carbocycles. The number of Topliss-reactive ketones (excluding diaryl/α,β-unsaturated/α-hetero) is 1. The van der Waals surface area contributed by atoms with Crippen LogP contribution in [0.25, 0.3) is 0 Å². The maximum Gasteiger partial charge on any atom is 0.222 e. The summed E-state index contributed by atoms with van der Waals surface area (Å²) in [6.45, 7) is 16.2. The Morgan fingerprint density at radius 3 is 2.21 bits per heavy atom. The van der Waals surface area contributed by atoms with Gasteiger partial charge in [-0.25, -0.2) is 0 Å². The van der Waals surface area contributed by atoms with Crippen LogP contribution >= 0.6 is 0 Å². The molecule has 1 amide bonds. The summed E-state index contributed by atoms with van der Waals surface area (Å²) in [6, 6.07) is 0.737. The van der Waals surface area contributed by atoms with Crippen molar-refractivity contribution < 1.29 is 9.59 Å². The zero-order valence-corrected chi connectivity index (χ0v) is 23.4. The van der Waals surface area contributed by atoms with Crippen LogP contribution in [-0.2, 0) is 9.59 Å². The molecule has 34 heavy (non-hydrogen) atoms. The molecule has 2 spiro atoms. The highest BCUT2D eigenvalue weighted by Gasteiger charge is 2.85. The summed E-state index contributed by atoms with van der Waals surface area (Å²) in [6.07, 6.45) is 9.02. The zero-order chi connectivity index (χ0) is 25.1. The van der Waals surface area contributed by atoms with Gasteiger partial charge in [0, 0.05) is 29.8 Å². The third-order valence-corrected chi connectivity index (χ3v) is 13.2. The molecule has 4 nitrogen and oxygen atoms in total. The molecular weight excluding hydrogens is 420 g/mol. The predicted octanol–water partition coefficient (Wildman–Crippen LogP) is 5.70. The van der Waals surface area contributed by atoms with Gasteiger partial charge in [-0.3, -0.25) is 9.59 Å². The number of carbonyl (C=O) groups is 2. The van der Waals surface area contributed by atoms with Crippen molar-refractivity contribution in [2.45, 2.75) is 112 Å². The molecule has 1 N–H and O–H groups in total. The van der Waals surface area contributed by atoms with Crippen molar-refractivity contribution in [1.29, 1.82) is 0 Å². The maximum atomic E-state index is 14.3. The molecule has 9 atom stereocenters. The molecule has 0 aromatic rings. The van der Waals surface area contributed by atoms with E-state index in [-0.39, 0.29) is 44.9 Å². The Balaban J connectivity index is 1.47. The molecule has 0 heterocycles. The van der Waals surface area contributed by atoms with Gasteiger partial charge in [0.25, 0.3) is 0 Å². The molecule has 0 aromatic carbocycles. The summed E-state index contributed by atoms with van der Waals surface area (Å²) in [5.74, 6) is 2.49.